The van der Waals surface area contributed by atoms with E-state index >= 15 is 0 Å². The van der Waals surface area contributed by atoms with Crippen molar-refractivity contribution in [1.29, 1.82) is 0 Å². The first kappa shape index (κ1) is 11.6. The zero-order chi connectivity index (χ0) is 11.5. The van der Waals surface area contributed by atoms with E-state index in [2.05, 4.69) is 20.7 Å². The van der Waals surface area contributed by atoms with Gasteiger partial charge >= 0.3 is 5.97 Å². The molecule has 2 rings (SSSR count). The average molecular weight is 285 g/mol. The summed E-state index contributed by atoms with van der Waals surface area (Å²) in [6.07, 6.45) is 2.71. The molecule has 0 radical (unpaired) electrons. The summed E-state index contributed by atoms with van der Waals surface area (Å²) in [7, 11) is 1.38. The zero-order valence-corrected chi connectivity index (χ0v) is 10.6. The fourth-order valence-electron chi connectivity index (χ4n) is 1.37. The van der Waals surface area contributed by atoms with E-state index in [-0.39, 0.29) is 5.97 Å². The summed E-state index contributed by atoms with van der Waals surface area (Å²) < 4.78 is 11.2. The molecule has 86 valence electrons. The average Bonchev–Trinajstić information content (AvgIpc) is 3.11. The number of halogens is 1. The third-order valence-corrected chi connectivity index (χ3v) is 3.24. The molecule has 1 fully saturated rings. The molecule has 4 heteroatoms. The van der Waals surface area contributed by atoms with Crippen LogP contribution >= 0.6 is 15.9 Å². The number of carbonyl (C=O) groups is 1. The van der Waals surface area contributed by atoms with Crippen molar-refractivity contribution >= 4 is 21.9 Å². The number of hydrogen-bond acceptors (Lipinski definition) is 3. The largest absolute Gasteiger partial charge is 0.465 e. The monoisotopic (exact) mass is 284 g/mol. The van der Waals surface area contributed by atoms with Gasteiger partial charge in [-0.25, -0.2) is 4.79 Å². The number of methoxy groups -OCH3 is 1. The predicted molar refractivity (Wildman–Crippen MR) is 63.3 cm³/mol. The lowest BCUT2D eigenvalue weighted by molar-refractivity contribution is 0.0600. The van der Waals surface area contributed by atoms with Crippen LogP contribution in [0.4, 0.5) is 0 Å². The molecule has 1 aliphatic rings. The lowest BCUT2D eigenvalue weighted by atomic mass is 10.1. The van der Waals surface area contributed by atoms with Crippen molar-refractivity contribution in [3.63, 3.8) is 0 Å². The summed E-state index contributed by atoms with van der Waals surface area (Å²) >= 11 is 3.44. The van der Waals surface area contributed by atoms with Gasteiger partial charge in [-0.1, -0.05) is 15.9 Å². The molecule has 1 aromatic rings. The molecule has 0 spiro atoms. The van der Waals surface area contributed by atoms with E-state index in [0.29, 0.717) is 18.3 Å². The highest BCUT2D eigenvalue weighted by Gasteiger charge is 2.22. The van der Waals surface area contributed by atoms with E-state index in [1.54, 1.807) is 12.1 Å². The number of hydrogen-bond donors (Lipinski definition) is 0. The summed E-state index contributed by atoms with van der Waals surface area (Å²) in [6, 6.07) is 5.38. The first-order valence-corrected chi connectivity index (χ1v) is 5.98. The highest BCUT2D eigenvalue weighted by Crippen LogP contribution is 2.27. The SMILES string of the molecule is COC(=O)c1ccc(Br)c(COC2CC2)c1. The van der Waals surface area contributed by atoms with Crippen LogP contribution in [0, 0.1) is 0 Å². The first-order chi connectivity index (χ1) is 7.70. The van der Waals surface area contributed by atoms with Gasteiger partial charge in [0.25, 0.3) is 0 Å². The molecule has 0 aliphatic heterocycles. The van der Waals surface area contributed by atoms with Crippen LogP contribution in [0.15, 0.2) is 22.7 Å². The number of ether oxygens (including phenoxy) is 2. The van der Waals surface area contributed by atoms with Crippen LogP contribution < -0.4 is 0 Å². The predicted octanol–water partition coefficient (Wildman–Crippen LogP) is 2.91. The highest BCUT2D eigenvalue weighted by molar-refractivity contribution is 9.10. The minimum atomic E-state index is -0.319. The van der Waals surface area contributed by atoms with E-state index in [9.17, 15) is 4.79 Å². The van der Waals surface area contributed by atoms with E-state index in [0.717, 1.165) is 22.9 Å². The number of carbonyl (C=O) groups excluding carboxylic acids is 1. The lowest BCUT2D eigenvalue weighted by Gasteiger charge is -2.07. The molecule has 0 bridgehead atoms. The second-order valence-corrected chi connectivity index (χ2v) is 4.66. The van der Waals surface area contributed by atoms with Crippen LogP contribution in [0.3, 0.4) is 0 Å². The maximum Gasteiger partial charge on any atom is 0.337 e. The molecule has 0 unspecified atom stereocenters. The Morgan fingerprint density at radius 3 is 2.88 bits per heavy atom. The molecule has 0 amide bonds. The van der Waals surface area contributed by atoms with Crippen LogP contribution in [0.1, 0.15) is 28.8 Å². The molecule has 0 aromatic heterocycles. The van der Waals surface area contributed by atoms with Crippen LogP contribution in [0.5, 0.6) is 0 Å². The minimum absolute atomic E-state index is 0.319. The zero-order valence-electron chi connectivity index (χ0n) is 9.03. The van der Waals surface area contributed by atoms with Gasteiger partial charge in [-0.3, -0.25) is 0 Å². The molecule has 16 heavy (non-hydrogen) atoms. The summed E-state index contributed by atoms with van der Waals surface area (Å²) in [6.45, 7) is 0.538. The highest BCUT2D eigenvalue weighted by atomic mass is 79.9. The van der Waals surface area contributed by atoms with E-state index in [1.165, 1.54) is 7.11 Å². The molecule has 1 saturated carbocycles. The van der Waals surface area contributed by atoms with E-state index < -0.39 is 0 Å². The lowest BCUT2D eigenvalue weighted by Crippen LogP contribution is -2.03. The Kier molecular flexibility index (Phi) is 3.61. The molecular formula is C12H13BrO3. The maximum atomic E-state index is 11.3. The van der Waals surface area contributed by atoms with Crippen molar-refractivity contribution in [3.8, 4) is 0 Å². The van der Waals surface area contributed by atoms with Crippen molar-refractivity contribution in [2.24, 2.45) is 0 Å². The molecule has 0 saturated heterocycles. The molecule has 0 N–H and O–H groups in total. The minimum Gasteiger partial charge on any atom is -0.465 e. The maximum absolute atomic E-state index is 11.3. The molecule has 1 aromatic carbocycles. The van der Waals surface area contributed by atoms with Gasteiger partial charge in [0.15, 0.2) is 0 Å². The topological polar surface area (TPSA) is 35.5 Å². The normalized spacial score (nSPS) is 14.9. The Morgan fingerprint density at radius 1 is 1.50 bits per heavy atom. The third-order valence-electron chi connectivity index (χ3n) is 2.47. The van der Waals surface area contributed by atoms with Crippen LogP contribution in [-0.2, 0) is 16.1 Å². The molecule has 1 aliphatic carbocycles. The van der Waals surface area contributed by atoms with Gasteiger partial charge < -0.3 is 9.47 Å². The Balaban J connectivity index is 2.11. The van der Waals surface area contributed by atoms with Gasteiger partial charge in [-0.05, 0) is 36.6 Å². The Labute approximate surface area is 103 Å². The summed E-state index contributed by atoms with van der Waals surface area (Å²) in [5.41, 5.74) is 1.54. The van der Waals surface area contributed by atoms with Crippen molar-refractivity contribution < 1.29 is 14.3 Å². The fraction of sp³-hybridized carbons (Fsp3) is 0.417. The fourth-order valence-corrected chi connectivity index (χ4v) is 1.73. The molecular weight excluding hydrogens is 272 g/mol. The Bertz CT molecular complexity index is 399. The standard InChI is InChI=1S/C12H13BrO3/c1-15-12(14)8-2-5-11(13)9(6-8)7-16-10-3-4-10/h2,5-6,10H,3-4,7H2,1H3. The molecule has 3 nitrogen and oxygen atoms in total. The van der Waals surface area contributed by atoms with Gasteiger partial charge in [-0.15, -0.1) is 0 Å². The van der Waals surface area contributed by atoms with Gasteiger partial charge in [-0.2, -0.15) is 0 Å². The summed E-state index contributed by atoms with van der Waals surface area (Å²) in [5.74, 6) is -0.319. The van der Waals surface area contributed by atoms with E-state index in [1.807, 2.05) is 6.07 Å². The first-order valence-electron chi connectivity index (χ1n) is 5.19. The van der Waals surface area contributed by atoms with Crippen LogP contribution in [-0.4, -0.2) is 19.2 Å². The second kappa shape index (κ2) is 4.97. The van der Waals surface area contributed by atoms with Gasteiger partial charge in [0.1, 0.15) is 0 Å². The van der Waals surface area contributed by atoms with Crippen LogP contribution in [0.25, 0.3) is 0 Å². The quantitative estimate of drug-likeness (QED) is 0.798. The van der Waals surface area contributed by atoms with Crippen molar-refractivity contribution in [3.05, 3.63) is 33.8 Å². The van der Waals surface area contributed by atoms with Crippen molar-refractivity contribution in [2.75, 3.05) is 7.11 Å². The van der Waals surface area contributed by atoms with Crippen molar-refractivity contribution in [2.45, 2.75) is 25.6 Å². The Hall–Kier alpha value is -0.870. The Morgan fingerprint density at radius 2 is 2.25 bits per heavy atom. The van der Waals surface area contributed by atoms with Gasteiger partial charge in [0.05, 0.1) is 25.4 Å². The third kappa shape index (κ3) is 2.83. The van der Waals surface area contributed by atoms with Crippen LogP contribution in [0.2, 0.25) is 0 Å². The smallest absolute Gasteiger partial charge is 0.337 e. The van der Waals surface area contributed by atoms with Gasteiger partial charge in [0.2, 0.25) is 0 Å². The number of esters is 1. The number of rotatable bonds is 4. The second-order valence-electron chi connectivity index (χ2n) is 3.81. The molecule has 0 heterocycles. The van der Waals surface area contributed by atoms with Crippen molar-refractivity contribution in [1.82, 2.24) is 0 Å². The number of benzene rings is 1. The van der Waals surface area contributed by atoms with Gasteiger partial charge in [0, 0.05) is 4.47 Å². The summed E-state index contributed by atoms with van der Waals surface area (Å²) in [4.78, 5) is 11.3. The molecule has 0 atom stereocenters. The summed E-state index contributed by atoms with van der Waals surface area (Å²) in [5, 5.41) is 0. The van der Waals surface area contributed by atoms with E-state index in [4.69, 9.17) is 4.74 Å².